The number of benzene rings is 2. The third-order valence-corrected chi connectivity index (χ3v) is 5.56. The highest BCUT2D eigenvalue weighted by Crippen LogP contribution is 2.24. The summed E-state index contributed by atoms with van der Waals surface area (Å²) in [5.74, 6) is -0.349. The van der Waals surface area contributed by atoms with Gasteiger partial charge < -0.3 is 10.2 Å². The highest BCUT2D eigenvalue weighted by atomic mass is 35.5. The van der Waals surface area contributed by atoms with Crippen molar-refractivity contribution in [3.05, 3.63) is 71.1 Å². The topological polar surface area (TPSA) is 66.5 Å². The van der Waals surface area contributed by atoms with Crippen LogP contribution >= 0.6 is 11.6 Å². The number of nitrogens with zero attached hydrogens (tertiary/aromatic N) is 1. The molecule has 0 radical (unpaired) electrons. The lowest BCUT2D eigenvalue weighted by Crippen LogP contribution is -2.44. The number of hydrogen-bond acceptors (Lipinski definition) is 4. The van der Waals surface area contributed by atoms with E-state index in [1.165, 1.54) is 10.3 Å². The number of rotatable bonds is 5. The van der Waals surface area contributed by atoms with E-state index in [4.69, 9.17) is 11.6 Å². The lowest BCUT2D eigenvalue weighted by atomic mass is 10.2. The zero-order valence-corrected chi connectivity index (χ0v) is 14.9. The van der Waals surface area contributed by atoms with E-state index in [-0.39, 0.29) is 18.2 Å². The summed E-state index contributed by atoms with van der Waals surface area (Å²) in [6.07, 6.45) is 1.55. The summed E-state index contributed by atoms with van der Waals surface area (Å²) >= 11 is 6.09. The molecule has 0 saturated carbocycles. The Balaban J connectivity index is 1.81. The monoisotopic (exact) mass is 376 g/mol. The van der Waals surface area contributed by atoms with Crippen LogP contribution in [0.2, 0.25) is 5.02 Å². The van der Waals surface area contributed by atoms with Gasteiger partial charge in [-0.2, -0.15) is 0 Å². The van der Waals surface area contributed by atoms with Gasteiger partial charge in [-0.15, -0.1) is 0 Å². The summed E-state index contributed by atoms with van der Waals surface area (Å²) in [7, 11) is -3.27. The molecule has 7 heteroatoms. The van der Waals surface area contributed by atoms with Crippen LogP contribution in [0.4, 0.5) is 11.4 Å². The first-order valence-corrected chi connectivity index (χ1v) is 9.82. The first kappa shape index (κ1) is 17.5. The van der Waals surface area contributed by atoms with E-state index in [9.17, 15) is 13.2 Å². The Bertz CT molecular complexity index is 898. The standard InChI is InChI=1S/C18H17ClN2O3S/c19-16-8-4-5-9-17(16)20-12-18(22)21(14-6-2-1-3-7-14)15-10-11-25(23,24)13-15/h1-11,15,20H,12-13H2/t15-/m0/s1. The summed E-state index contributed by atoms with van der Waals surface area (Å²) in [4.78, 5) is 14.3. The van der Waals surface area contributed by atoms with E-state index in [1.807, 2.05) is 24.3 Å². The molecule has 25 heavy (non-hydrogen) atoms. The molecule has 0 fully saturated rings. The van der Waals surface area contributed by atoms with Crippen molar-refractivity contribution in [3.63, 3.8) is 0 Å². The molecule has 0 spiro atoms. The molecule has 0 unspecified atom stereocenters. The number of anilines is 2. The van der Waals surface area contributed by atoms with Crippen LogP contribution in [0.1, 0.15) is 0 Å². The van der Waals surface area contributed by atoms with Crippen LogP contribution in [0, 0.1) is 0 Å². The Hall–Kier alpha value is -2.31. The fraction of sp³-hybridized carbons (Fsp3) is 0.167. The van der Waals surface area contributed by atoms with Gasteiger partial charge in [0.25, 0.3) is 0 Å². The molecule has 1 aliphatic rings. The smallest absolute Gasteiger partial charge is 0.246 e. The normalized spacial score (nSPS) is 18.0. The van der Waals surface area contributed by atoms with Crippen molar-refractivity contribution >= 4 is 38.7 Å². The van der Waals surface area contributed by atoms with Gasteiger partial charge in [-0.3, -0.25) is 4.79 Å². The van der Waals surface area contributed by atoms with Crippen LogP contribution in [0.3, 0.4) is 0 Å². The number of para-hydroxylation sites is 2. The van der Waals surface area contributed by atoms with Crippen LogP contribution in [0.25, 0.3) is 0 Å². The minimum Gasteiger partial charge on any atom is -0.375 e. The molecule has 0 saturated heterocycles. The molecule has 2 aromatic rings. The molecule has 130 valence electrons. The van der Waals surface area contributed by atoms with Gasteiger partial charge in [0.1, 0.15) is 0 Å². The van der Waals surface area contributed by atoms with Crippen molar-refractivity contribution in [1.29, 1.82) is 0 Å². The van der Waals surface area contributed by atoms with E-state index in [1.54, 1.807) is 36.4 Å². The maximum Gasteiger partial charge on any atom is 0.246 e. The van der Waals surface area contributed by atoms with Crippen molar-refractivity contribution in [2.24, 2.45) is 0 Å². The van der Waals surface area contributed by atoms with E-state index >= 15 is 0 Å². The van der Waals surface area contributed by atoms with Crippen LogP contribution in [-0.4, -0.2) is 32.7 Å². The van der Waals surface area contributed by atoms with Crippen molar-refractivity contribution in [2.45, 2.75) is 6.04 Å². The highest BCUT2D eigenvalue weighted by molar-refractivity contribution is 7.94. The Morgan fingerprint density at radius 3 is 2.44 bits per heavy atom. The van der Waals surface area contributed by atoms with Crippen LogP contribution in [0.15, 0.2) is 66.1 Å². The third-order valence-electron chi connectivity index (χ3n) is 3.85. The first-order valence-electron chi connectivity index (χ1n) is 7.73. The fourth-order valence-corrected chi connectivity index (χ4v) is 4.16. The summed E-state index contributed by atoms with van der Waals surface area (Å²) in [5, 5.41) is 4.70. The summed E-state index contributed by atoms with van der Waals surface area (Å²) in [5.41, 5.74) is 1.31. The summed E-state index contributed by atoms with van der Waals surface area (Å²) in [6, 6.07) is 15.6. The number of amides is 1. The quantitative estimate of drug-likeness (QED) is 0.870. The number of nitrogens with one attached hydrogen (secondary N) is 1. The summed E-state index contributed by atoms with van der Waals surface area (Å²) in [6.45, 7) is 0.00299. The molecule has 5 nitrogen and oxygen atoms in total. The lowest BCUT2D eigenvalue weighted by molar-refractivity contribution is -0.117. The Kier molecular flexibility index (Phi) is 5.11. The maximum absolute atomic E-state index is 12.8. The number of halogens is 1. The second kappa shape index (κ2) is 7.29. The molecule has 2 aromatic carbocycles. The third kappa shape index (κ3) is 4.21. The number of carbonyl (C=O) groups is 1. The summed E-state index contributed by atoms with van der Waals surface area (Å²) < 4.78 is 23.5. The zero-order chi connectivity index (χ0) is 17.9. The Morgan fingerprint density at radius 2 is 1.80 bits per heavy atom. The van der Waals surface area contributed by atoms with Crippen LogP contribution in [0.5, 0.6) is 0 Å². The average molecular weight is 377 g/mol. The lowest BCUT2D eigenvalue weighted by Gasteiger charge is -2.28. The van der Waals surface area contributed by atoms with Gasteiger partial charge in [-0.05, 0) is 30.3 Å². The maximum atomic E-state index is 12.8. The molecular weight excluding hydrogens is 360 g/mol. The molecule has 0 aromatic heterocycles. The molecule has 0 aliphatic carbocycles. The molecule has 1 N–H and O–H groups in total. The Labute approximate surface area is 151 Å². The molecule has 1 atom stereocenters. The second-order valence-corrected chi connectivity index (χ2v) is 8.00. The van der Waals surface area contributed by atoms with E-state index in [0.717, 1.165) is 0 Å². The van der Waals surface area contributed by atoms with Gasteiger partial charge in [0.15, 0.2) is 9.84 Å². The van der Waals surface area contributed by atoms with Crippen molar-refractivity contribution in [2.75, 3.05) is 22.5 Å². The van der Waals surface area contributed by atoms with Gasteiger partial charge in [-0.1, -0.05) is 41.9 Å². The molecular formula is C18H17ClN2O3S. The predicted octanol–water partition coefficient (Wildman–Crippen LogP) is 3.10. The van der Waals surface area contributed by atoms with Crippen molar-refractivity contribution < 1.29 is 13.2 Å². The second-order valence-electron chi connectivity index (χ2n) is 5.66. The minimum atomic E-state index is -3.27. The largest absolute Gasteiger partial charge is 0.375 e. The fourth-order valence-electron chi connectivity index (χ4n) is 2.69. The number of carbonyl (C=O) groups excluding carboxylic acids is 1. The zero-order valence-electron chi connectivity index (χ0n) is 13.3. The van der Waals surface area contributed by atoms with Gasteiger partial charge in [-0.25, -0.2) is 8.42 Å². The van der Waals surface area contributed by atoms with Gasteiger partial charge in [0, 0.05) is 11.1 Å². The molecule has 3 rings (SSSR count). The van der Waals surface area contributed by atoms with Crippen molar-refractivity contribution in [1.82, 2.24) is 0 Å². The van der Waals surface area contributed by atoms with Gasteiger partial charge in [0.05, 0.1) is 29.0 Å². The highest BCUT2D eigenvalue weighted by Gasteiger charge is 2.31. The predicted molar refractivity (Wildman–Crippen MR) is 101 cm³/mol. The molecule has 1 amide bonds. The first-order chi connectivity index (χ1) is 12.0. The number of hydrogen-bond donors (Lipinski definition) is 1. The minimum absolute atomic E-state index is 0.00299. The van der Waals surface area contributed by atoms with E-state index in [0.29, 0.717) is 16.4 Å². The van der Waals surface area contributed by atoms with Crippen LogP contribution in [-0.2, 0) is 14.6 Å². The van der Waals surface area contributed by atoms with Crippen molar-refractivity contribution in [3.8, 4) is 0 Å². The molecule has 0 bridgehead atoms. The SMILES string of the molecule is O=C(CNc1ccccc1Cl)N(c1ccccc1)[C@H]1C=CS(=O)(=O)C1. The van der Waals surface area contributed by atoms with E-state index < -0.39 is 15.9 Å². The molecule has 1 aliphatic heterocycles. The Morgan fingerprint density at radius 1 is 1.12 bits per heavy atom. The van der Waals surface area contributed by atoms with E-state index in [2.05, 4.69) is 5.32 Å². The average Bonchev–Trinajstić information content (AvgIpc) is 2.95. The van der Waals surface area contributed by atoms with Gasteiger partial charge in [0.2, 0.25) is 5.91 Å². The number of sulfone groups is 1. The van der Waals surface area contributed by atoms with Gasteiger partial charge >= 0.3 is 0 Å². The molecule has 1 heterocycles. The van der Waals surface area contributed by atoms with Crippen LogP contribution < -0.4 is 10.2 Å².